The van der Waals surface area contributed by atoms with Crippen LogP contribution in [0.1, 0.15) is 45.6 Å². The second-order valence-electron chi connectivity index (χ2n) is 6.02. The second-order valence-corrected chi connectivity index (χ2v) is 6.02. The Kier molecular flexibility index (Phi) is 4.64. The van der Waals surface area contributed by atoms with Gasteiger partial charge in [0, 0.05) is 6.92 Å². The topological polar surface area (TPSA) is 26.3 Å². The summed E-state index contributed by atoms with van der Waals surface area (Å²) in [7, 11) is 0. The maximum absolute atomic E-state index is 11.2. The molecule has 0 heterocycles. The molecule has 0 spiro atoms. The standard InChI is InChI=1S/C18H24O2/c1-12-10-17(11-13(2)18(12)20-15(4)19)14(3)16-8-6-5-7-9-16/h5-10,13-14,17-18H,11H2,1-4H3. The molecule has 20 heavy (non-hydrogen) atoms. The third-order valence-electron chi connectivity index (χ3n) is 4.35. The van der Waals surface area contributed by atoms with Gasteiger partial charge in [0.05, 0.1) is 0 Å². The van der Waals surface area contributed by atoms with Gasteiger partial charge < -0.3 is 4.74 Å². The fourth-order valence-corrected chi connectivity index (χ4v) is 3.24. The molecule has 108 valence electrons. The number of rotatable bonds is 3. The third kappa shape index (κ3) is 3.30. The molecule has 1 aliphatic carbocycles. The molecule has 2 heteroatoms. The smallest absolute Gasteiger partial charge is 0.303 e. The van der Waals surface area contributed by atoms with Crippen LogP contribution in [-0.2, 0) is 9.53 Å². The number of hydrogen-bond acceptors (Lipinski definition) is 2. The van der Waals surface area contributed by atoms with E-state index in [0.29, 0.717) is 17.8 Å². The fourth-order valence-electron chi connectivity index (χ4n) is 3.24. The Bertz CT molecular complexity index is 489. The van der Waals surface area contributed by atoms with Crippen LogP contribution in [0.3, 0.4) is 0 Å². The molecule has 4 unspecified atom stereocenters. The number of allylic oxidation sites excluding steroid dienone is 1. The summed E-state index contributed by atoms with van der Waals surface area (Å²) in [5.41, 5.74) is 2.56. The summed E-state index contributed by atoms with van der Waals surface area (Å²) in [5, 5.41) is 0. The van der Waals surface area contributed by atoms with Gasteiger partial charge in [-0.2, -0.15) is 0 Å². The number of benzene rings is 1. The van der Waals surface area contributed by atoms with Gasteiger partial charge in [-0.05, 0) is 42.2 Å². The van der Waals surface area contributed by atoms with Crippen molar-refractivity contribution in [3.8, 4) is 0 Å². The van der Waals surface area contributed by atoms with Crippen LogP contribution in [0.15, 0.2) is 42.0 Å². The van der Waals surface area contributed by atoms with Crippen molar-refractivity contribution < 1.29 is 9.53 Å². The normalized spacial score (nSPS) is 27.6. The van der Waals surface area contributed by atoms with Gasteiger partial charge >= 0.3 is 5.97 Å². The lowest BCUT2D eigenvalue weighted by molar-refractivity contribution is -0.147. The van der Waals surface area contributed by atoms with Crippen molar-refractivity contribution in [2.24, 2.45) is 11.8 Å². The first-order chi connectivity index (χ1) is 9.49. The molecule has 1 aliphatic rings. The van der Waals surface area contributed by atoms with E-state index in [0.717, 1.165) is 6.42 Å². The second kappa shape index (κ2) is 6.25. The van der Waals surface area contributed by atoms with Crippen LogP contribution in [0.5, 0.6) is 0 Å². The quantitative estimate of drug-likeness (QED) is 0.605. The molecule has 2 nitrogen and oxygen atoms in total. The molecule has 2 rings (SSSR count). The number of carbonyl (C=O) groups excluding carboxylic acids is 1. The van der Waals surface area contributed by atoms with E-state index in [2.05, 4.69) is 57.2 Å². The molecule has 0 fully saturated rings. The molecule has 0 bridgehead atoms. The molecule has 4 atom stereocenters. The summed E-state index contributed by atoms with van der Waals surface area (Å²) < 4.78 is 5.44. The Labute approximate surface area is 121 Å². The van der Waals surface area contributed by atoms with Crippen molar-refractivity contribution in [2.45, 2.75) is 46.1 Å². The number of esters is 1. The molecule has 0 radical (unpaired) electrons. The Hall–Kier alpha value is -1.57. The predicted octanol–water partition coefficient (Wildman–Crippen LogP) is 4.32. The lowest BCUT2D eigenvalue weighted by Crippen LogP contribution is -2.32. The van der Waals surface area contributed by atoms with Crippen molar-refractivity contribution in [3.63, 3.8) is 0 Å². The van der Waals surface area contributed by atoms with Gasteiger partial charge in [-0.15, -0.1) is 0 Å². The van der Waals surface area contributed by atoms with Gasteiger partial charge in [0.15, 0.2) is 0 Å². The largest absolute Gasteiger partial charge is 0.458 e. The summed E-state index contributed by atoms with van der Waals surface area (Å²) in [5.74, 6) is 1.19. The van der Waals surface area contributed by atoms with Gasteiger partial charge in [0.2, 0.25) is 0 Å². The van der Waals surface area contributed by atoms with Crippen LogP contribution < -0.4 is 0 Å². The summed E-state index contributed by atoms with van der Waals surface area (Å²) in [6.07, 6.45) is 3.31. The molecule has 0 saturated heterocycles. The van der Waals surface area contributed by atoms with E-state index < -0.39 is 0 Å². The zero-order valence-corrected chi connectivity index (χ0v) is 12.8. The van der Waals surface area contributed by atoms with Crippen molar-refractivity contribution in [3.05, 3.63) is 47.5 Å². The Morgan fingerprint density at radius 2 is 1.95 bits per heavy atom. The minimum Gasteiger partial charge on any atom is -0.458 e. The van der Waals surface area contributed by atoms with E-state index >= 15 is 0 Å². The minimum atomic E-state index is -0.191. The highest BCUT2D eigenvalue weighted by Gasteiger charge is 2.31. The van der Waals surface area contributed by atoms with Crippen LogP contribution in [0.25, 0.3) is 0 Å². The molecule has 0 aliphatic heterocycles. The number of hydrogen-bond donors (Lipinski definition) is 0. The molecular weight excluding hydrogens is 248 g/mol. The molecule has 1 aromatic carbocycles. The monoisotopic (exact) mass is 272 g/mol. The average molecular weight is 272 g/mol. The maximum atomic E-state index is 11.2. The van der Waals surface area contributed by atoms with E-state index in [1.54, 1.807) is 0 Å². The highest BCUT2D eigenvalue weighted by molar-refractivity contribution is 5.66. The molecule has 0 N–H and O–H groups in total. The fraction of sp³-hybridized carbons (Fsp3) is 0.500. The predicted molar refractivity (Wildman–Crippen MR) is 81.4 cm³/mol. The SMILES string of the molecule is CC(=O)OC1C(C)=CC(C(C)c2ccccc2)CC1C. The number of ether oxygens (including phenoxy) is 1. The molecule has 0 saturated carbocycles. The van der Waals surface area contributed by atoms with E-state index in [1.807, 2.05) is 0 Å². The van der Waals surface area contributed by atoms with Crippen LogP contribution in [0.4, 0.5) is 0 Å². The summed E-state index contributed by atoms with van der Waals surface area (Å²) in [4.78, 5) is 11.2. The van der Waals surface area contributed by atoms with Crippen LogP contribution in [-0.4, -0.2) is 12.1 Å². The Morgan fingerprint density at radius 1 is 1.30 bits per heavy atom. The first-order valence-electron chi connectivity index (χ1n) is 7.39. The van der Waals surface area contributed by atoms with E-state index in [9.17, 15) is 4.79 Å². The van der Waals surface area contributed by atoms with Gasteiger partial charge in [-0.3, -0.25) is 4.79 Å². The van der Waals surface area contributed by atoms with E-state index in [-0.39, 0.29) is 12.1 Å². The van der Waals surface area contributed by atoms with Gasteiger partial charge in [-0.25, -0.2) is 0 Å². The zero-order valence-electron chi connectivity index (χ0n) is 12.8. The van der Waals surface area contributed by atoms with Gasteiger partial charge in [0.25, 0.3) is 0 Å². The third-order valence-corrected chi connectivity index (χ3v) is 4.35. The van der Waals surface area contributed by atoms with Crippen LogP contribution >= 0.6 is 0 Å². The summed E-state index contributed by atoms with van der Waals surface area (Å²) >= 11 is 0. The van der Waals surface area contributed by atoms with Crippen LogP contribution in [0, 0.1) is 11.8 Å². The van der Waals surface area contributed by atoms with Gasteiger partial charge in [0.1, 0.15) is 6.10 Å². The van der Waals surface area contributed by atoms with Crippen molar-refractivity contribution >= 4 is 5.97 Å². The van der Waals surface area contributed by atoms with E-state index in [1.165, 1.54) is 18.1 Å². The minimum absolute atomic E-state index is 0.0493. The molecular formula is C18H24O2. The van der Waals surface area contributed by atoms with Gasteiger partial charge in [-0.1, -0.05) is 50.3 Å². The highest BCUT2D eigenvalue weighted by Crippen LogP contribution is 2.38. The van der Waals surface area contributed by atoms with Crippen molar-refractivity contribution in [2.75, 3.05) is 0 Å². The highest BCUT2D eigenvalue weighted by atomic mass is 16.5. The van der Waals surface area contributed by atoms with E-state index in [4.69, 9.17) is 4.74 Å². The van der Waals surface area contributed by atoms with Crippen molar-refractivity contribution in [1.82, 2.24) is 0 Å². The lowest BCUT2D eigenvalue weighted by Gasteiger charge is -2.35. The molecule has 1 aromatic rings. The maximum Gasteiger partial charge on any atom is 0.303 e. The molecule has 0 amide bonds. The first kappa shape index (κ1) is 14.8. The zero-order chi connectivity index (χ0) is 14.7. The summed E-state index contributed by atoms with van der Waals surface area (Å²) in [6.45, 7) is 8.02. The first-order valence-corrected chi connectivity index (χ1v) is 7.39. The average Bonchev–Trinajstić information content (AvgIpc) is 2.42. The molecule has 0 aromatic heterocycles. The number of carbonyl (C=O) groups is 1. The van der Waals surface area contributed by atoms with Crippen LogP contribution in [0.2, 0.25) is 0 Å². The Morgan fingerprint density at radius 3 is 2.50 bits per heavy atom. The Balaban J connectivity index is 2.16. The summed E-state index contributed by atoms with van der Waals surface area (Å²) in [6, 6.07) is 10.6. The lowest BCUT2D eigenvalue weighted by atomic mass is 9.74. The van der Waals surface area contributed by atoms with Crippen molar-refractivity contribution in [1.29, 1.82) is 0 Å².